The third-order valence-corrected chi connectivity index (χ3v) is 3.90. The van der Waals surface area contributed by atoms with Crippen LogP contribution in [0.2, 0.25) is 0 Å². The number of hydrogen-bond donors (Lipinski definition) is 2. The summed E-state index contributed by atoms with van der Waals surface area (Å²) in [5, 5.41) is 5.52. The second-order valence-corrected chi connectivity index (χ2v) is 5.42. The van der Waals surface area contributed by atoms with E-state index in [9.17, 15) is 9.59 Å². The average molecular weight is 332 g/mol. The number of nitrogens with one attached hydrogen (secondary N) is 2. The van der Waals surface area contributed by atoms with Crippen molar-refractivity contribution in [1.29, 1.82) is 0 Å². The highest BCUT2D eigenvalue weighted by Gasteiger charge is 2.12. The van der Waals surface area contributed by atoms with Crippen molar-refractivity contribution in [2.24, 2.45) is 7.05 Å². The lowest BCUT2D eigenvalue weighted by molar-refractivity contribution is -0.119. The molecule has 2 N–H and O–H groups in total. The minimum absolute atomic E-state index is 0.0828. The highest BCUT2D eigenvalue weighted by molar-refractivity contribution is 8.00. The van der Waals surface area contributed by atoms with E-state index in [1.165, 1.54) is 30.4 Å². The van der Waals surface area contributed by atoms with Crippen LogP contribution in [-0.2, 0) is 11.8 Å². The maximum atomic E-state index is 11.8. The molecule has 0 unspecified atom stereocenters. The van der Waals surface area contributed by atoms with Crippen LogP contribution in [0.15, 0.2) is 40.4 Å². The molecule has 2 amide bonds. The van der Waals surface area contributed by atoms with Crippen molar-refractivity contribution in [2.75, 3.05) is 5.75 Å². The zero-order valence-corrected chi connectivity index (χ0v) is 12.8. The molecular weight excluding hydrogens is 320 g/mol. The zero-order chi connectivity index (χ0) is 16.2. The normalized spacial score (nSPS) is 10.7. The van der Waals surface area contributed by atoms with Crippen molar-refractivity contribution in [3.05, 3.63) is 36.7 Å². The van der Waals surface area contributed by atoms with E-state index in [1.54, 1.807) is 24.0 Å². The van der Waals surface area contributed by atoms with Gasteiger partial charge in [0, 0.05) is 7.05 Å². The molecule has 0 atom stereocenters. The van der Waals surface area contributed by atoms with Crippen molar-refractivity contribution in [1.82, 2.24) is 30.6 Å². The molecule has 10 heteroatoms. The Morgan fingerprint density at radius 3 is 3.00 bits per heavy atom. The average Bonchev–Trinajstić information content (AvgIpc) is 3.21. The van der Waals surface area contributed by atoms with Gasteiger partial charge in [0.2, 0.25) is 5.91 Å². The van der Waals surface area contributed by atoms with Gasteiger partial charge in [0.05, 0.1) is 23.6 Å². The first kappa shape index (κ1) is 15.0. The number of thioether (sulfide) groups is 1. The van der Waals surface area contributed by atoms with Crippen LogP contribution < -0.4 is 10.9 Å². The van der Waals surface area contributed by atoms with Crippen LogP contribution in [0.5, 0.6) is 0 Å². The number of aryl methyl sites for hydroxylation is 1. The van der Waals surface area contributed by atoms with Gasteiger partial charge in [-0.05, 0) is 12.1 Å². The van der Waals surface area contributed by atoms with Gasteiger partial charge in [0.1, 0.15) is 11.4 Å². The van der Waals surface area contributed by atoms with Gasteiger partial charge >= 0.3 is 5.91 Å². The first-order chi connectivity index (χ1) is 11.1. The Kier molecular flexibility index (Phi) is 4.24. The lowest BCUT2D eigenvalue weighted by atomic mass is 10.4. The smallest absolute Gasteiger partial charge is 0.305 e. The third kappa shape index (κ3) is 3.31. The molecule has 0 aliphatic heterocycles. The summed E-state index contributed by atoms with van der Waals surface area (Å²) in [6.45, 7) is 0. The largest absolute Gasteiger partial charge is 0.459 e. The predicted molar refractivity (Wildman–Crippen MR) is 81.3 cm³/mol. The van der Waals surface area contributed by atoms with Crippen molar-refractivity contribution in [3.63, 3.8) is 0 Å². The first-order valence-corrected chi connectivity index (χ1v) is 7.52. The van der Waals surface area contributed by atoms with E-state index < -0.39 is 5.91 Å². The van der Waals surface area contributed by atoms with Crippen LogP contribution >= 0.6 is 11.8 Å². The highest BCUT2D eigenvalue weighted by atomic mass is 32.2. The number of nitrogens with zero attached hydrogens (tertiary/aromatic N) is 4. The standard InChI is InChI=1S/C13H12N6O3S/c1-19-11-8(5-16-19)13(15-7-14-11)23-6-10(20)17-18-12(21)9-3-2-4-22-9/h2-5,7H,6H2,1H3,(H,17,20)(H,18,21). The van der Waals surface area contributed by atoms with E-state index in [0.29, 0.717) is 10.7 Å². The lowest BCUT2D eigenvalue weighted by Gasteiger charge is -2.05. The van der Waals surface area contributed by atoms with Gasteiger partial charge < -0.3 is 4.42 Å². The van der Waals surface area contributed by atoms with Crippen LogP contribution in [0, 0.1) is 0 Å². The summed E-state index contributed by atoms with van der Waals surface area (Å²) in [4.78, 5) is 31.7. The third-order valence-electron chi connectivity index (χ3n) is 2.89. The van der Waals surface area contributed by atoms with Crippen LogP contribution in [0.25, 0.3) is 11.0 Å². The van der Waals surface area contributed by atoms with Gasteiger partial charge in [-0.25, -0.2) is 9.97 Å². The number of aromatic nitrogens is 4. The minimum atomic E-state index is -0.523. The number of carbonyl (C=O) groups is 2. The van der Waals surface area contributed by atoms with Crippen LogP contribution in [0.3, 0.4) is 0 Å². The number of hydrazine groups is 1. The van der Waals surface area contributed by atoms with Crippen molar-refractivity contribution < 1.29 is 14.0 Å². The molecule has 9 nitrogen and oxygen atoms in total. The Bertz CT molecular complexity index is 845. The van der Waals surface area contributed by atoms with E-state index in [4.69, 9.17) is 4.42 Å². The first-order valence-electron chi connectivity index (χ1n) is 6.53. The van der Waals surface area contributed by atoms with E-state index in [1.807, 2.05) is 0 Å². The molecule has 0 saturated carbocycles. The minimum Gasteiger partial charge on any atom is -0.459 e. The Hall–Kier alpha value is -2.88. The highest BCUT2D eigenvalue weighted by Crippen LogP contribution is 2.23. The summed E-state index contributed by atoms with van der Waals surface area (Å²) in [6.07, 6.45) is 4.44. The molecule has 3 aromatic heterocycles. The summed E-state index contributed by atoms with van der Waals surface area (Å²) < 4.78 is 6.54. The fourth-order valence-corrected chi connectivity index (χ4v) is 2.58. The maximum absolute atomic E-state index is 11.8. The van der Waals surface area contributed by atoms with Gasteiger partial charge in [-0.1, -0.05) is 11.8 Å². The number of carbonyl (C=O) groups excluding carboxylic acids is 2. The molecule has 23 heavy (non-hydrogen) atoms. The second kappa shape index (κ2) is 6.48. The molecule has 0 bridgehead atoms. The number of furan rings is 1. The number of amides is 2. The molecule has 0 saturated heterocycles. The van der Waals surface area contributed by atoms with Crippen LogP contribution in [0.1, 0.15) is 10.6 Å². The maximum Gasteiger partial charge on any atom is 0.305 e. The van der Waals surface area contributed by atoms with Crippen LogP contribution in [-0.4, -0.2) is 37.3 Å². The summed E-state index contributed by atoms with van der Waals surface area (Å²) >= 11 is 1.23. The molecule has 3 rings (SSSR count). The van der Waals surface area contributed by atoms with Gasteiger partial charge in [-0.15, -0.1) is 0 Å². The summed E-state index contributed by atoms with van der Waals surface area (Å²) in [7, 11) is 1.78. The molecule has 0 aliphatic rings. The molecule has 118 valence electrons. The van der Waals surface area contributed by atoms with Gasteiger partial charge in [-0.2, -0.15) is 5.10 Å². The van der Waals surface area contributed by atoms with Gasteiger partial charge in [0.15, 0.2) is 11.4 Å². The van der Waals surface area contributed by atoms with Crippen LogP contribution in [0.4, 0.5) is 0 Å². The monoisotopic (exact) mass is 332 g/mol. The zero-order valence-electron chi connectivity index (χ0n) is 12.0. The number of hydrogen-bond acceptors (Lipinski definition) is 7. The predicted octanol–water partition coefficient (Wildman–Crippen LogP) is 0.510. The molecular formula is C13H12N6O3S. The van der Waals surface area contributed by atoms with Gasteiger partial charge in [-0.3, -0.25) is 25.1 Å². The SMILES string of the molecule is Cn1ncc2c(SCC(=O)NNC(=O)c3ccco3)ncnc21. The Labute approximate surface area is 134 Å². The molecule has 0 fully saturated rings. The van der Waals surface area contributed by atoms with E-state index in [2.05, 4.69) is 25.9 Å². The fraction of sp³-hybridized carbons (Fsp3) is 0.154. The summed E-state index contributed by atoms with van der Waals surface area (Å²) in [5.41, 5.74) is 5.27. The fourth-order valence-electron chi connectivity index (χ4n) is 1.82. The molecule has 3 aromatic rings. The Balaban J connectivity index is 1.55. The van der Waals surface area contributed by atoms with E-state index in [-0.39, 0.29) is 17.4 Å². The number of fused-ring (bicyclic) bond motifs is 1. The van der Waals surface area contributed by atoms with Crippen molar-refractivity contribution in [2.45, 2.75) is 5.03 Å². The quantitative estimate of drug-likeness (QED) is 0.406. The summed E-state index contributed by atoms with van der Waals surface area (Å²) in [6, 6.07) is 3.08. The van der Waals surface area contributed by atoms with Crippen molar-refractivity contribution in [3.8, 4) is 0 Å². The number of rotatable bonds is 4. The molecule has 0 radical (unpaired) electrons. The van der Waals surface area contributed by atoms with Gasteiger partial charge in [0.25, 0.3) is 0 Å². The van der Waals surface area contributed by atoms with E-state index >= 15 is 0 Å². The Morgan fingerprint density at radius 2 is 2.22 bits per heavy atom. The lowest BCUT2D eigenvalue weighted by Crippen LogP contribution is -2.42. The molecule has 3 heterocycles. The Morgan fingerprint density at radius 1 is 1.35 bits per heavy atom. The topological polar surface area (TPSA) is 115 Å². The second-order valence-electron chi connectivity index (χ2n) is 4.45. The van der Waals surface area contributed by atoms with E-state index in [0.717, 1.165) is 5.39 Å². The molecule has 0 aliphatic carbocycles. The molecule has 0 spiro atoms. The summed E-state index contributed by atoms with van der Waals surface area (Å²) in [5.74, 6) is -0.694. The van der Waals surface area contributed by atoms with Crippen molar-refractivity contribution >= 4 is 34.6 Å². The molecule has 0 aromatic carbocycles.